The zero-order valence-corrected chi connectivity index (χ0v) is 17.6. The van der Waals surface area contributed by atoms with E-state index in [0.29, 0.717) is 25.1 Å². The number of carbonyl (C=O) groups excluding carboxylic acids is 1. The first kappa shape index (κ1) is 22.4. The third-order valence-corrected chi connectivity index (χ3v) is 7.53. The van der Waals surface area contributed by atoms with Crippen LogP contribution >= 0.6 is 0 Å². The number of rotatable bonds is 7. The average molecular weight is 441 g/mol. The minimum absolute atomic E-state index is 0.0102. The molecule has 1 aromatic rings. The van der Waals surface area contributed by atoms with Crippen molar-refractivity contribution in [2.45, 2.75) is 74.3 Å². The maximum absolute atomic E-state index is 13.3. The third kappa shape index (κ3) is 5.08. The van der Waals surface area contributed by atoms with E-state index < -0.39 is 27.5 Å². The van der Waals surface area contributed by atoms with Crippen LogP contribution in [0, 0.1) is 11.3 Å². The van der Waals surface area contributed by atoms with Gasteiger partial charge in [-0.05, 0) is 43.9 Å². The number of alkyl halides is 2. The molecule has 0 radical (unpaired) electrons. The topological polar surface area (TPSA) is 111 Å². The predicted molar refractivity (Wildman–Crippen MR) is 108 cm³/mol. The lowest BCUT2D eigenvalue weighted by Gasteiger charge is -2.29. The van der Waals surface area contributed by atoms with Crippen LogP contribution in [-0.4, -0.2) is 38.4 Å². The van der Waals surface area contributed by atoms with Crippen molar-refractivity contribution in [3.8, 4) is 6.07 Å². The SMILES string of the molecule is CCC1(CNc2ccc(C#N)c(S(=O)(=O)NC3CCC(F)(F)CC3)c2)CCC(=O)N1. The second-order valence-corrected chi connectivity index (χ2v) is 9.79. The Hall–Kier alpha value is -2.25. The van der Waals surface area contributed by atoms with Crippen molar-refractivity contribution >= 4 is 21.6 Å². The Labute approximate surface area is 175 Å². The van der Waals surface area contributed by atoms with Gasteiger partial charge in [-0.15, -0.1) is 0 Å². The normalized spacial score (nSPS) is 24.3. The number of nitrogens with zero attached hydrogens (tertiary/aromatic N) is 1. The van der Waals surface area contributed by atoms with Crippen molar-refractivity contribution in [1.29, 1.82) is 5.26 Å². The number of anilines is 1. The molecule has 7 nitrogen and oxygen atoms in total. The molecule has 1 amide bonds. The summed E-state index contributed by atoms with van der Waals surface area (Å²) in [6.07, 6.45) is 1.23. The number of nitrogens with one attached hydrogen (secondary N) is 3. The number of halogens is 2. The van der Waals surface area contributed by atoms with Gasteiger partial charge in [0.15, 0.2) is 0 Å². The van der Waals surface area contributed by atoms with Crippen LogP contribution < -0.4 is 15.4 Å². The molecule has 0 aromatic heterocycles. The van der Waals surface area contributed by atoms with E-state index in [1.807, 2.05) is 13.0 Å². The molecule has 1 atom stereocenters. The van der Waals surface area contributed by atoms with Gasteiger partial charge < -0.3 is 10.6 Å². The van der Waals surface area contributed by atoms with Crippen molar-refractivity contribution in [1.82, 2.24) is 10.0 Å². The van der Waals surface area contributed by atoms with Crippen LogP contribution in [0.1, 0.15) is 57.4 Å². The first-order valence-electron chi connectivity index (χ1n) is 10.1. The van der Waals surface area contributed by atoms with E-state index in [-0.39, 0.29) is 42.0 Å². The number of nitriles is 1. The Kier molecular flexibility index (Phi) is 6.34. The maximum atomic E-state index is 13.3. The van der Waals surface area contributed by atoms with Gasteiger partial charge >= 0.3 is 0 Å². The van der Waals surface area contributed by atoms with Gasteiger partial charge in [-0.3, -0.25) is 4.79 Å². The zero-order valence-electron chi connectivity index (χ0n) is 16.8. The largest absolute Gasteiger partial charge is 0.383 e. The van der Waals surface area contributed by atoms with Gasteiger partial charge in [0.2, 0.25) is 21.9 Å². The Morgan fingerprint density at radius 3 is 2.53 bits per heavy atom. The molecule has 3 N–H and O–H groups in total. The highest BCUT2D eigenvalue weighted by atomic mass is 32.2. The van der Waals surface area contributed by atoms with Crippen molar-refractivity contribution in [3.63, 3.8) is 0 Å². The molecule has 0 spiro atoms. The second-order valence-electron chi connectivity index (χ2n) is 8.11. The fourth-order valence-corrected chi connectivity index (χ4v) is 5.44. The quantitative estimate of drug-likeness (QED) is 0.604. The summed E-state index contributed by atoms with van der Waals surface area (Å²) in [5.74, 6) is -2.77. The van der Waals surface area contributed by atoms with Crippen molar-refractivity contribution < 1.29 is 22.0 Å². The Balaban J connectivity index is 1.75. The van der Waals surface area contributed by atoms with E-state index in [0.717, 1.165) is 6.42 Å². The molecule has 2 aliphatic rings. The van der Waals surface area contributed by atoms with Gasteiger partial charge in [-0.1, -0.05) is 6.92 Å². The Morgan fingerprint density at radius 2 is 1.97 bits per heavy atom. The molecule has 1 aromatic carbocycles. The summed E-state index contributed by atoms with van der Waals surface area (Å²) in [5.41, 5.74) is 0.0855. The molecule has 10 heteroatoms. The van der Waals surface area contributed by atoms with Crippen molar-refractivity contribution in [2.75, 3.05) is 11.9 Å². The maximum Gasteiger partial charge on any atom is 0.248 e. The molecule has 2 fully saturated rings. The average Bonchev–Trinajstić information content (AvgIpc) is 3.09. The van der Waals surface area contributed by atoms with Gasteiger partial charge in [0.25, 0.3) is 0 Å². The minimum atomic E-state index is -4.06. The Bertz CT molecular complexity index is 951. The van der Waals surface area contributed by atoms with Crippen LogP contribution in [0.4, 0.5) is 14.5 Å². The van der Waals surface area contributed by atoms with Gasteiger partial charge in [0.05, 0.1) is 11.1 Å². The standard InChI is InChI=1S/C20H26F2N4O3S/c1-2-19(8-7-18(27)25-19)13-24-16-4-3-14(12-23)17(11-16)30(28,29)26-15-5-9-20(21,22)10-6-15/h3-4,11,15,24,26H,2,5-10,13H2,1H3,(H,25,27). The summed E-state index contributed by atoms with van der Waals surface area (Å²) in [7, 11) is -4.06. The molecule has 1 aliphatic carbocycles. The van der Waals surface area contributed by atoms with Gasteiger partial charge in [0.1, 0.15) is 11.0 Å². The van der Waals surface area contributed by atoms with Crippen molar-refractivity contribution in [3.05, 3.63) is 23.8 Å². The van der Waals surface area contributed by atoms with E-state index in [2.05, 4.69) is 15.4 Å². The number of carbonyl (C=O) groups is 1. The number of hydrogen-bond donors (Lipinski definition) is 3. The lowest BCUT2D eigenvalue weighted by molar-refractivity contribution is -0.119. The lowest BCUT2D eigenvalue weighted by Crippen LogP contribution is -2.46. The van der Waals surface area contributed by atoms with Crippen LogP contribution in [0.15, 0.2) is 23.1 Å². The molecule has 1 saturated heterocycles. The summed E-state index contributed by atoms with van der Waals surface area (Å²) < 4.78 is 54.9. The number of hydrogen-bond acceptors (Lipinski definition) is 5. The highest BCUT2D eigenvalue weighted by molar-refractivity contribution is 7.89. The summed E-state index contributed by atoms with van der Waals surface area (Å²) in [6.45, 7) is 2.39. The summed E-state index contributed by atoms with van der Waals surface area (Å²) in [5, 5.41) is 15.5. The van der Waals surface area contributed by atoms with Crippen LogP contribution in [0.2, 0.25) is 0 Å². The first-order valence-corrected chi connectivity index (χ1v) is 11.6. The van der Waals surface area contributed by atoms with E-state index >= 15 is 0 Å². The fraction of sp³-hybridized carbons (Fsp3) is 0.600. The summed E-state index contributed by atoms with van der Waals surface area (Å²) in [6, 6.07) is 5.69. The molecule has 1 saturated carbocycles. The van der Waals surface area contributed by atoms with Crippen LogP contribution in [0.25, 0.3) is 0 Å². The highest BCUT2D eigenvalue weighted by Crippen LogP contribution is 2.34. The molecule has 1 aliphatic heterocycles. The summed E-state index contributed by atoms with van der Waals surface area (Å²) in [4.78, 5) is 11.4. The molecule has 1 unspecified atom stereocenters. The number of amides is 1. The molecule has 30 heavy (non-hydrogen) atoms. The highest BCUT2D eigenvalue weighted by Gasteiger charge is 2.37. The number of benzene rings is 1. The Morgan fingerprint density at radius 1 is 1.27 bits per heavy atom. The molecular formula is C20H26F2N4O3S. The van der Waals surface area contributed by atoms with E-state index in [9.17, 15) is 27.3 Å². The monoisotopic (exact) mass is 440 g/mol. The minimum Gasteiger partial charge on any atom is -0.383 e. The predicted octanol–water partition coefficient (Wildman–Crippen LogP) is 2.89. The smallest absolute Gasteiger partial charge is 0.248 e. The van der Waals surface area contributed by atoms with Crippen molar-refractivity contribution in [2.24, 2.45) is 0 Å². The van der Waals surface area contributed by atoms with Gasteiger partial charge in [-0.25, -0.2) is 21.9 Å². The molecule has 1 heterocycles. The fourth-order valence-electron chi connectivity index (χ4n) is 3.96. The molecule has 3 rings (SSSR count). The molecule has 164 valence electrons. The zero-order chi connectivity index (χ0) is 22.0. The van der Waals surface area contributed by atoms with E-state index in [1.165, 1.54) is 12.1 Å². The number of sulfonamides is 1. The lowest BCUT2D eigenvalue weighted by atomic mass is 9.93. The second kappa shape index (κ2) is 8.47. The summed E-state index contributed by atoms with van der Waals surface area (Å²) >= 11 is 0. The van der Waals surface area contributed by atoms with Crippen LogP contribution in [0.3, 0.4) is 0 Å². The van der Waals surface area contributed by atoms with Crippen LogP contribution in [0.5, 0.6) is 0 Å². The molecular weight excluding hydrogens is 414 g/mol. The van der Waals surface area contributed by atoms with E-state index in [4.69, 9.17) is 0 Å². The van der Waals surface area contributed by atoms with Gasteiger partial charge in [-0.2, -0.15) is 5.26 Å². The van der Waals surface area contributed by atoms with Gasteiger partial charge in [0, 0.05) is 37.5 Å². The third-order valence-electron chi connectivity index (χ3n) is 5.97. The first-order chi connectivity index (χ1) is 14.1. The van der Waals surface area contributed by atoms with E-state index in [1.54, 1.807) is 6.07 Å². The molecule has 0 bridgehead atoms. The van der Waals surface area contributed by atoms with Crippen LogP contribution in [-0.2, 0) is 14.8 Å².